The molecule has 3 heterocycles. The molecule has 0 aromatic heterocycles. The van der Waals surface area contributed by atoms with Crippen molar-refractivity contribution < 1.29 is 24.2 Å². The van der Waals surface area contributed by atoms with Crippen LogP contribution in [0.4, 0.5) is 0 Å². The summed E-state index contributed by atoms with van der Waals surface area (Å²) >= 11 is 0. The van der Waals surface area contributed by atoms with Gasteiger partial charge in [-0.05, 0) is 44.6 Å². The highest BCUT2D eigenvalue weighted by Crippen LogP contribution is 2.65. The van der Waals surface area contributed by atoms with Gasteiger partial charge in [0, 0.05) is 38.8 Å². The Morgan fingerprint density at radius 2 is 1.88 bits per heavy atom. The van der Waals surface area contributed by atoms with Gasteiger partial charge in [0.15, 0.2) is 0 Å². The second kappa shape index (κ2) is 12.5. The summed E-state index contributed by atoms with van der Waals surface area (Å²) < 4.78 is 6.91. The van der Waals surface area contributed by atoms with Gasteiger partial charge >= 0.3 is 0 Å². The van der Waals surface area contributed by atoms with E-state index in [0.717, 1.165) is 18.4 Å². The molecule has 3 amide bonds. The standard InChI is InChI=1S/C33H47N3O5/c1-7-14-24(5)35(18-9-3)31(40)28-33-21-23(4)32(6,41-33)26(27(33)30(39)36(28)19-13-20-37)29(38)34(17-8-2)22-25-15-11-10-12-16-25/h8-12,15-16,23-24,26-28,37H,2-3,7,13-14,17-22H2,1,4-6H3/t23?,24?,26-,27-,28?,32+,33?/m0/s1. The van der Waals surface area contributed by atoms with Crippen LogP contribution in [0.1, 0.15) is 58.9 Å². The molecule has 3 saturated heterocycles. The number of benzene rings is 1. The van der Waals surface area contributed by atoms with Crippen molar-refractivity contribution in [3.8, 4) is 0 Å². The van der Waals surface area contributed by atoms with Crippen LogP contribution in [0.5, 0.6) is 0 Å². The number of amides is 3. The second-order valence-electron chi connectivity index (χ2n) is 12.2. The first-order chi connectivity index (χ1) is 19.6. The van der Waals surface area contributed by atoms with E-state index in [9.17, 15) is 19.5 Å². The van der Waals surface area contributed by atoms with Crippen molar-refractivity contribution in [1.29, 1.82) is 0 Å². The Labute approximate surface area is 245 Å². The number of nitrogens with zero attached hydrogens (tertiary/aromatic N) is 3. The monoisotopic (exact) mass is 565 g/mol. The average Bonchev–Trinajstić information content (AvgIpc) is 3.46. The lowest BCUT2D eigenvalue weighted by atomic mass is 9.62. The summed E-state index contributed by atoms with van der Waals surface area (Å²) in [4.78, 5) is 48.5. The Morgan fingerprint density at radius 1 is 1.20 bits per heavy atom. The summed E-state index contributed by atoms with van der Waals surface area (Å²) in [6.45, 7) is 17.1. The Kier molecular flexibility index (Phi) is 9.44. The highest BCUT2D eigenvalue weighted by molar-refractivity contribution is 5.99. The van der Waals surface area contributed by atoms with Crippen molar-refractivity contribution in [2.75, 3.05) is 26.2 Å². The summed E-state index contributed by atoms with van der Waals surface area (Å²) in [7, 11) is 0. The fourth-order valence-corrected chi connectivity index (χ4v) is 7.62. The lowest BCUT2D eigenvalue weighted by Crippen LogP contribution is -2.58. The van der Waals surface area contributed by atoms with Gasteiger partial charge in [0.1, 0.15) is 11.6 Å². The van der Waals surface area contributed by atoms with E-state index in [2.05, 4.69) is 27.0 Å². The molecular formula is C33H47N3O5. The number of aliphatic hydroxyl groups excluding tert-OH is 1. The summed E-state index contributed by atoms with van der Waals surface area (Å²) in [5.74, 6) is -2.11. The number of carbonyl (C=O) groups is 3. The quantitative estimate of drug-likeness (QED) is 0.347. The number of likely N-dealkylation sites (tertiary alicyclic amines) is 1. The molecule has 1 aromatic carbocycles. The predicted molar refractivity (Wildman–Crippen MR) is 159 cm³/mol. The molecule has 2 bridgehead atoms. The van der Waals surface area contributed by atoms with Crippen molar-refractivity contribution in [2.24, 2.45) is 17.8 Å². The fourth-order valence-electron chi connectivity index (χ4n) is 7.62. The number of carbonyl (C=O) groups excluding carboxylic acids is 3. The van der Waals surface area contributed by atoms with Gasteiger partial charge < -0.3 is 24.5 Å². The van der Waals surface area contributed by atoms with E-state index in [4.69, 9.17) is 4.74 Å². The smallest absolute Gasteiger partial charge is 0.248 e. The summed E-state index contributed by atoms with van der Waals surface area (Å²) in [6.07, 6.45) is 6.01. The third-order valence-corrected chi connectivity index (χ3v) is 9.60. The highest BCUT2D eigenvalue weighted by Gasteiger charge is 2.80. The number of hydrogen-bond acceptors (Lipinski definition) is 5. The predicted octanol–water partition coefficient (Wildman–Crippen LogP) is 3.80. The van der Waals surface area contributed by atoms with E-state index < -0.39 is 29.1 Å². The Morgan fingerprint density at radius 3 is 2.49 bits per heavy atom. The van der Waals surface area contributed by atoms with Crippen LogP contribution in [0.2, 0.25) is 0 Å². The molecule has 8 nitrogen and oxygen atoms in total. The Hall–Kier alpha value is -2.97. The molecule has 0 saturated carbocycles. The number of aliphatic hydroxyl groups is 1. The number of hydrogen-bond donors (Lipinski definition) is 1. The van der Waals surface area contributed by atoms with Crippen LogP contribution < -0.4 is 0 Å². The van der Waals surface area contributed by atoms with Crippen LogP contribution in [-0.4, -0.2) is 87.1 Å². The largest absolute Gasteiger partial charge is 0.396 e. The molecule has 8 heteroatoms. The number of ether oxygens (including phenoxy) is 1. The molecule has 3 fully saturated rings. The molecule has 4 rings (SSSR count). The van der Waals surface area contributed by atoms with E-state index in [1.54, 1.807) is 26.9 Å². The average molecular weight is 566 g/mol. The Bertz CT molecular complexity index is 1140. The molecule has 224 valence electrons. The molecule has 3 aliphatic heterocycles. The molecule has 1 N–H and O–H groups in total. The zero-order chi connectivity index (χ0) is 29.9. The molecule has 3 aliphatic rings. The van der Waals surface area contributed by atoms with E-state index in [0.29, 0.717) is 32.5 Å². The van der Waals surface area contributed by atoms with Gasteiger partial charge in [0.25, 0.3) is 0 Å². The van der Waals surface area contributed by atoms with E-state index in [1.807, 2.05) is 44.2 Å². The van der Waals surface area contributed by atoms with Crippen LogP contribution in [0.15, 0.2) is 55.6 Å². The van der Waals surface area contributed by atoms with Crippen LogP contribution >= 0.6 is 0 Å². The lowest BCUT2D eigenvalue weighted by molar-refractivity contribution is -0.156. The fraction of sp³-hybridized carbons (Fsp3) is 0.606. The maximum atomic E-state index is 14.5. The topological polar surface area (TPSA) is 90.4 Å². The lowest BCUT2D eigenvalue weighted by Gasteiger charge is -2.40. The zero-order valence-electron chi connectivity index (χ0n) is 25.1. The van der Waals surface area contributed by atoms with Gasteiger partial charge in [-0.25, -0.2) is 0 Å². The van der Waals surface area contributed by atoms with Crippen LogP contribution in [0.3, 0.4) is 0 Å². The van der Waals surface area contributed by atoms with Gasteiger partial charge in [-0.1, -0.05) is 62.8 Å². The highest BCUT2D eigenvalue weighted by atomic mass is 16.5. The van der Waals surface area contributed by atoms with Gasteiger partial charge in [0.05, 0.1) is 17.4 Å². The summed E-state index contributed by atoms with van der Waals surface area (Å²) in [5.41, 5.74) is -1.02. The van der Waals surface area contributed by atoms with Crippen molar-refractivity contribution >= 4 is 17.7 Å². The van der Waals surface area contributed by atoms with Crippen molar-refractivity contribution in [3.05, 3.63) is 61.2 Å². The first-order valence-electron chi connectivity index (χ1n) is 15.1. The SMILES string of the molecule is C=CCN(Cc1ccccc1)C(=O)[C@@H]1[C@H]2C(=O)N(CCCO)C(C(=O)N(CC=C)C(C)CCC)C23CC(C)[C@@]1(C)O3. The Balaban J connectivity index is 1.78. The zero-order valence-corrected chi connectivity index (χ0v) is 25.1. The first-order valence-corrected chi connectivity index (χ1v) is 15.1. The second-order valence-corrected chi connectivity index (χ2v) is 12.2. The van der Waals surface area contributed by atoms with E-state index in [1.165, 1.54) is 0 Å². The maximum absolute atomic E-state index is 14.5. The maximum Gasteiger partial charge on any atom is 0.248 e. The summed E-state index contributed by atoms with van der Waals surface area (Å²) in [5, 5.41) is 9.67. The minimum atomic E-state index is -1.12. The van der Waals surface area contributed by atoms with Gasteiger partial charge in [-0.3, -0.25) is 14.4 Å². The van der Waals surface area contributed by atoms with Gasteiger partial charge in [-0.2, -0.15) is 0 Å². The molecule has 0 radical (unpaired) electrons. The van der Waals surface area contributed by atoms with Gasteiger partial charge in [-0.15, -0.1) is 13.2 Å². The summed E-state index contributed by atoms with van der Waals surface area (Å²) in [6, 6.07) is 8.86. The molecule has 1 aromatic rings. The van der Waals surface area contributed by atoms with Gasteiger partial charge in [0.2, 0.25) is 17.7 Å². The molecule has 41 heavy (non-hydrogen) atoms. The third-order valence-electron chi connectivity index (χ3n) is 9.60. The van der Waals surface area contributed by atoms with Crippen LogP contribution in [-0.2, 0) is 25.7 Å². The first kappa shape index (κ1) is 31.0. The third kappa shape index (κ3) is 5.25. The molecule has 0 aliphatic carbocycles. The number of fused-ring (bicyclic) bond motifs is 1. The minimum absolute atomic E-state index is 0.0446. The van der Waals surface area contributed by atoms with E-state index >= 15 is 0 Å². The molecule has 4 unspecified atom stereocenters. The normalized spacial score (nSPS) is 30.7. The van der Waals surface area contributed by atoms with Crippen molar-refractivity contribution in [2.45, 2.75) is 83.2 Å². The molecular weight excluding hydrogens is 518 g/mol. The van der Waals surface area contributed by atoms with E-state index in [-0.39, 0.29) is 42.8 Å². The number of rotatable bonds is 14. The van der Waals surface area contributed by atoms with Crippen LogP contribution in [0.25, 0.3) is 0 Å². The van der Waals surface area contributed by atoms with Crippen LogP contribution in [0, 0.1) is 17.8 Å². The molecule has 1 spiro atoms. The minimum Gasteiger partial charge on any atom is -0.396 e. The van der Waals surface area contributed by atoms with Crippen molar-refractivity contribution in [1.82, 2.24) is 14.7 Å². The van der Waals surface area contributed by atoms with Crippen molar-refractivity contribution in [3.63, 3.8) is 0 Å². The molecule has 7 atom stereocenters.